The second kappa shape index (κ2) is 8.18. The maximum atomic E-state index is 11.6. The Labute approximate surface area is 175 Å². The van der Waals surface area contributed by atoms with Crippen molar-refractivity contribution in [1.82, 2.24) is 4.98 Å². The summed E-state index contributed by atoms with van der Waals surface area (Å²) in [5.74, 6) is -0.330. The highest BCUT2D eigenvalue weighted by Gasteiger charge is 2.31. The van der Waals surface area contributed by atoms with Crippen LogP contribution in [0, 0.1) is 0 Å². The van der Waals surface area contributed by atoms with Gasteiger partial charge in [0.1, 0.15) is 0 Å². The zero-order chi connectivity index (χ0) is 20.4. The largest absolute Gasteiger partial charge is 0.330 e. The van der Waals surface area contributed by atoms with Crippen molar-refractivity contribution in [2.45, 2.75) is 35.6 Å². The lowest BCUT2D eigenvalue weighted by molar-refractivity contribution is 0.476. The van der Waals surface area contributed by atoms with E-state index in [9.17, 15) is 13.0 Å². The molecule has 7 heteroatoms. The van der Waals surface area contributed by atoms with E-state index >= 15 is 0 Å². The molecule has 4 rings (SSSR count). The monoisotopic (exact) mass is 426 g/mol. The molecule has 5 nitrogen and oxygen atoms in total. The Morgan fingerprint density at radius 1 is 0.966 bits per heavy atom. The molecule has 3 aromatic rings. The third kappa shape index (κ3) is 4.32. The summed E-state index contributed by atoms with van der Waals surface area (Å²) in [5, 5.41) is 0. The lowest BCUT2D eigenvalue weighted by Gasteiger charge is -2.38. The molecule has 1 aliphatic heterocycles. The number of pyridine rings is 1. The van der Waals surface area contributed by atoms with Crippen molar-refractivity contribution in [3.63, 3.8) is 0 Å². The first-order valence-corrected chi connectivity index (χ1v) is 11.9. The molecule has 2 aromatic carbocycles. The smallest absolute Gasteiger partial charge is 0.264 e. The molecule has 0 saturated heterocycles. The minimum Gasteiger partial charge on any atom is -0.330 e. The van der Waals surface area contributed by atoms with Gasteiger partial charge in [-0.05, 0) is 49.2 Å². The van der Waals surface area contributed by atoms with Crippen LogP contribution >= 0.6 is 11.8 Å². The molecule has 0 bridgehead atoms. The lowest BCUT2D eigenvalue weighted by atomic mass is 10.0. The second-order valence-electron chi connectivity index (χ2n) is 6.91. The van der Waals surface area contributed by atoms with Crippen LogP contribution in [-0.4, -0.2) is 23.7 Å². The molecular weight excluding hydrogens is 404 g/mol. The number of hydrogen-bond donors (Lipinski definition) is 1. The summed E-state index contributed by atoms with van der Waals surface area (Å²) in [6.07, 6.45) is 1.02. The van der Waals surface area contributed by atoms with Gasteiger partial charge in [-0.25, -0.2) is 0 Å². The Bertz CT molecular complexity index is 1090. The number of benzene rings is 2. The van der Waals surface area contributed by atoms with Crippen LogP contribution in [0.15, 0.2) is 76.5 Å². The lowest BCUT2D eigenvalue weighted by Crippen LogP contribution is -2.29. The molecule has 150 valence electrons. The van der Waals surface area contributed by atoms with Gasteiger partial charge in [0.2, 0.25) is 0 Å². The van der Waals surface area contributed by atoms with Gasteiger partial charge in [-0.15, -0.1) is 0 Å². The zero-order valence-electron chi connectivity index (χ0n) is 16.0. The van der Waals surface area contributed by atoms with Crippen molar-refractivity contribution in [3.8, 4) is 0 Å². The van der Waals surface area contributed by atoms with Crippen LogP contribution < -0.4 is 4.90 Å². The summed E-state index contributed by atoms with van der Waals surface area (Å²) in [4.78, 5) is 9.16. The van der Waals surface area contributed by atoms with Gasteiger partial charge >= 0.3 is 0 Å². The molecule has 0 amide bonds. The molecule has 29 heavy (non-hydrogen) atoms. The van der Waals surface area contributed by atoms with E-state index in [1.54, 1.807) is 11.8 Å². The van der Waals surface area contributed by atoms with Gasteiger partial charge in [0.25, 0.3) is 10.1 Å². The van der Waals surface area contributed by atoms with Crippen LogP contribution in [0.5, 0.6) is 0 Å². The van der Waals surface area contributed by atoms with E-state index in [1.807, 2.05) is 61.5 Å². The van der Waals surface area contributed by atoms with E-state index in [0.29, 0.717) is 0 Å². The minimum atomic E-state index is -4.10. The molecule has 1 unspecified atom stereocenters. The average Bonchev–Trinajstić information content (AvgIpc) is 2.72. The maximum Gasteiger partial charge on any atom is 0.264 e. The summed E-state index contributed by atoms with van der Waals surface area (Å²) in [7, 11) is -4.10. The standard InChI is InChI=1S/C22H22N2O3S2/c1-2-16-8-7-9-17(23-16)18(14-15-29(25,26)27)24-19-10-3-5-12-21(19)28-22-13-6-4-11-20(22)24/h3-13,18H,2,14-15H2,1H3,(H,25,26,27). The first-order valence-electron chi connectivity index (χ1n) is 9.52. The van der Waals surface area contributed by atoms with E-state index < -0.39 is 10.1 Å². The predicted octanol–water partition coefficient (Wildman–Crippen LogP) is 5.27. The van der Waals surface area contributed by atoms with Crippen molar-refractivity contribution in [2.24, 2.45) is 0 Å². The van der Waals surface area contributed by atoms with E-state index in [0.717, 1.165) is 39.0 Å². The minimum absolute atomic E-state index is 0.229. The van der Waals surface area contributed by atoms with Crippen molar-refractivity contribution >= 4 is 33.3 Å². The second-order valence-corrected chi connectivity index (χ2v) is 9.56. The summed E-state index contributed by atoms with van der Waals surface area (Å²) >= 11 is 1.70. The predicted molar refractivity (Wildman–Crippen MR) is 117 cm³/mol. The van der Waals surface area contributed by atoms with Crippen molar-refractivity contribution in [2.75, 3.05) is 10.7 Å². The number of hydrogen-bond acceptors (Lipinski definition) is 5. The highest BCUT2D eigenvalue weighted by Crippen LogP contribution is 2.51. The van der Waals surface area contributed by atoms with E-state index in [-0.39, 0.29) is 18.2 Å². The van der Waals surface area contributed by atoms with Crippen molar-refractivity contribution < 1.29 is 13.0 Å². The molecule has 1 aliphatic rings. The van der Waals surface area contributed by atoms with Crippen LogP contribution in [0.25, 0.3) is 0 Å². The first kappa shape index (κ1) is 19.9. The highest BCUT2D eigenvalue weighted by atomic mass is 32.2. The van der Waals surface area contributed by atoms with Crippen LogP contribution in [0.4, 0.5) is 11.4 Å². The molecule has 0 aliphatic carbocycles. The third-order valence-corrected chi connectivity index (χ3v) is 6.84. The van der Waals surface area contributed by atoms with E-state index in [4.69, 9.17) is 4.98 Å². The SMILES string of the molecule is CCc1cccc(C(CCS(=O)(=O)O)N2c3ccccc3Sc3ccccc32)n1. The number of aryl methyl sites for hydroxylation is 1. The molecule has 0 radical (unpaired) electrons. The number of rotatable bonds is 6. The molecule has 0 saturated carbocycles. The van der Waals surface area contributed by atoms with E-state index in [1.165, 1.54) is 0 Å². The Kier molecular flexibility index (Phi) is 5.63. The molecular formula is C22H22N2O3S2. The summed E-state index contributed by atoms with van der Waals surface area (Å²) in [6, 6.07) is 21.7. The van der Waals surface area contributed by atoms with Gasteiger partial charge in [0, 0.05) is 15.5 Å². The fourth-order valence-corrected chi connectivity index (χ4v) is 5.21. The van der Waals surface area contributed by atoms with Gasteiger partial charge in [-0.1, -0.05) is 49.0 Å². The summed E-state index contributed by atoms with van der Waals surface area (Å²) in [6.45, 7) is 2.04. The Morgan fingerprint density at radius 2 is 1.59 bits per heavy atom. The molecule has 0 spiro atoms. The topological polar surface area (TPSA) is 70.5 Å². The van der Waals surface area contributed by atoms with Gasteiger partial charge in [0.05, 0.1) is 28.9 Å². The van der Waals surface area contributed by atoms with Crippen molar-refractivity contribution in [1.29, 1.82) is 0 Å². The Balaban J connectivity index is 1.87. The van der Waals surface area contributed by atoms with Gasteiger partial charge < -0.3 is 4.90 Å². The van der Waals surface area contributed by atoms with Gasteiger partial charge in [-0.2, -0.15) is 8.42 Å². The average molecular weight is 427 g/mol. The van der Waals surface area contributed by atoms with Crippen molar-refractivity contribution in [3.05, 3.63) is 78.1 Å². The zero-order valence-corrected chi connectivity index (χ0v) is 17.7. The van der Waals surface area contributed by atoms with Crippen LogP contribution in [0.1, 0.15) is 30.8 Å². The Hall–Kier alpha value is -2.35. The number of anilines is 2. The molecule has 1 aromatic heterocycles. The molecule has 2 heterocycles. The molecule has 1 N–H and O–H groups in total. The fraction of sp³-hybridized carbons (Fsp3) is 0.227. The number of nitrogens with zero attached hydrogens (tertiary/aromatic N) is 2. The van der Waals surface area contributed by atoms with Crippen LogP contribution in [0.3, 0.4) is 0 Å². The number of para-hydroxylation sites is 2. The van der Waals surface area contributed by atoms with Crippen LogP contribution in [-0.2, 0) is 16.5 Å². The molecule has 0 fully saturated rings. The first-order chi connectivity index (χ1) is 14.0. The number of fused-ring (bicyclic) bond motifs is 2. The van der Waals surface area contributed by atoms with E-state index in [2.05, 4.69) is 17.0 Å². The third-order valence-electron chi connectivity index (χ3n) is 4.96. The van der Waals surface area contributed by atoms with Gasteiger partial charge in [-0.3, -0.25) is 9.54 Å². The summed E-state index contributed by atoms with van der Waals surface area (Å²) in [5.41, 5.74) is 3.78. The fourth-order valence-electron chi connectivity index (χ4n) is 3.62. The van der Waals surface area contributed by atoms with Gasteiger partial charge in [0.15, 0.2) is 0 Å². The quantitative estimate of drug-likeness (QED) is 0.542. The summed E-state index contributed by atoms with van der Waals surface area (Å²) < 4.78 is 32.6. The molecule has 1 atom stereocenters. The highest BCUT2D eigenvalue weighted by molar-refractivity contribution is 7.99. The Morgan fingerprint density at radius 3 is 2.17 bits per heavy atom. The van der Waals surface area contributed by atoms with Crippen LogP contribution in [0.2, 0.25) is 0 Å². The normalized spacial score (nSPS) is 14.2. The maximum absolute atomic E-state index is 11.6. The number of aromatic nitrogens is 1.